The van der Waals surface area contributed by atoms with E-state index in [1.165, 1.54) is 7.05 Å². The molecule has 0 fully saturated rings. The molecule has 3 nitrogen and oxygen atoms in total. The molecule has 1 rings (SSSR count). The van der Waals surface area contributed by atoms with Gasteiger partial charge in [0.05, 0.1) is 0 Å². The number of hydrogen-bond donors (Lipinski definition) is 1. The molecule has 6 heteroatoms. The maximum absolute atomic E-state index is 12.4. The molecule has 1 N–H and O–H groups in total. The van der Waals surface area contributed by atoms with E-state index in [0.29, 0.717) is 18.1 Å². The molecule has 0 radical (unpaired) electrons. The van der Waals surface area contributed by atoms with E-state index < -0.39 is 12.7 Å². The van der Waals surface area contributed by atoms with Gasteiger partial charge in [0.2, 0.25) is 0 Å². The van der Waals surface area contributed by atoms with Gasteiger partial charge in [-0.2, -0.15) is 13.2 Å². The van der Waals surface area contributed by atoms with Crippen LogP contribution in [0.5, 0.6) is 0 Å². The van der Waals surface area contributed by atoms with Crippen LogP contribution in [0.4, 0.5) is 19.0 Å². The van der Waals surface area contributed by atoms with Crippen molar-refractivity contribution < 1.29 is 13.2 Å². The largest absolute Gasteiger partial charge is 0.405 e. The third kappa shape index (κ3) is 6.23. The van der Waals surface area contributed by atoms with Gasteiger partial charge in [0, 0.05) is 24.8 Å². The van der Waals surface area contributed by atoms with Crippen molar-refractivity contribution in [3.63, 3.8) is 0 Å². The number of pyridine rings is 1. The highest BCUT2D eigenvalue weighted by Crippen LogP contribution is 2.21. The molecular weight excluding hydrogens is 267 g/mol. The summed E-state index contributed by atoms with van der Waals surface area (Å²) in [5, 5.41) is 3.31. The van der Waals surface area contributed by atoms with Crippen molar-refractivity contribution >= 4 is 5.82 Å². The van der Waals surface area contributed by atoms with Gasteiger partial charge >= 0.3 is 6.18 Å². The molecule has 0 unspecified atom stereocenters. The van der Waals surface area contributed by atoms with Crippen molar-refractivity contribution in [1.82, 2.24) is 10.3 Å². The fraction of sp³-hybridized carbons (Fsp3) is 0.643. The third-order valence-electron chi connectivity index (χ3n) is 2.63. The number of rotatable bonds is 4. The van der Waals surface area contributed by atoms with Crippen molar-refractivity contribution in [3.05, 3.63) is 23.4 Å². The van der Waals surface area contributed by atoms with E-state index in [9.17, 15) is 13.2 Å². The Kier molecular flexibility index (Phi) is 5.02. The van der Waals surface area contributed by atoms with Crippen molar-refractivity contribution in [1.29, 1.82) is 0 Å². The van der Waals surface area contributed by atoms with E-state index in [4.69, 9.17) is 0 Å². The minimum absolute atomic E-state index is 0.0464. The third-order valence-corrected chi connectivity index (χ3v) is 2.63. The molecule has 0 saturated heterocycles. The molecule has 0 atom stereocenters. The van der Waals surface area contributed by atoms with E-state index in [0.717, 1.165) is 10.5 Å². The zero-order valence-electron chi connectivity index (χ0n) is 12.6. The Bertz CT molecular complexity index is 450. The predicted molar refractivity (Wildman–Crippen MR) is 74.9 cm³/mol. The van der Waals surface area contributed by atoms with Gasteiger partial charge in [-0.05, 0) is 45.4 Å². The Morgan fingerprint density at radius 1 is 1.20 bits per heavy atom. The van der Waals surface area contributed by atoms with Crippen LogP contribution < -0.4 is 10.2 Å². The summed E-state index contributed by atoms with van der Waals surface area (Å²) >= 11 is 0. The first-order valence-electron chi connectivity index (χ1n) is 6.47. The Morgan fingerprint density at radius 3 is 2.30 bits per heavy atom. The maximum Gasteiger partial charge on any atom is 0.405 e. The monoisotopic (exact) mass is 289 g/mol. The van der Waals surface area contributed by atoms with E-state index in [2.05, 4.69) is 10.3 Å². The lowest BCUT2D eigenvalue weighted by Crippen LogP contribution is -2.35. The Labute approximate surface area is 118 Å². The zero-order chi connectivity index (χ0) is 15.6. The molecule has 0 aliphatic heterocycles. The molecule has 0 aliphatic rings. The molecule has 20 heavy (non-hydrogen) atoms. The fourth-order valence-corrected chi connectivity index (χ4v) is 1.74. The van der Waals surface area contributed by atoms with Crippen LogP contribution in [-0.4, -0.2) is 30.3 Å². The highest BCUT2D eigenvalue weighted by Gasteiger charge is 2.29. The van der Waals surface area contributed by atoms with Gasteiger partial charge in [0.1, 0.15) is 12.4 Å². The lowest BCUT2D eigenvalue weighted by atomic mass is 10.1. The molecule has 1 heterocycles. The van der Waals surface area contributed by atoms with Crippen LogP contribution in [-0.2, 0) is 6.54 Å². The highest BCUT2D eigenvalue weighted by molar-refractivity contribution is 5.42. The van der Waals surface area contributed by atoms with Gasteiger partial charge in [-0.15, -0.1) is 0 Å². The zero-order valence-corrected chi connectivity index (χ0v) is 12.6. The van der Waals surface area contributed by atoms with Crippen LogP contribution in [0.3, 0.4) is 0 Å². The van der Waals surface area contributed by atoms with Gasteiger partial charge < -0.3 is 10.2 Å². The van der Waals surface area contributed by atoms with Crippen molar-refractivity contribution in [2.24, 2.45) is 0 Å². The Morgan fingerprint density at radius 2 is 1.80 bits per heavy atom. The second kappa shape index (κ2) is 5.99. The average molecular weight is 289 g/mol. The standard InChI is InChI=1S/C14H22F3N3/c1-10-6-11(8-18-13(2,3)4)7-12(19-10)20(5)9-14(15,16)17/h6-7,18H,8-9H2,1-5H3. The Balaban J connectivity index is 2.86. The predicted octanol–water partition coefficient (Wildman–Crippen LogP) is 3.28. The van der Waals surface area contributed by atoms with Crippen molar-refractivity contribution in [2.75, 3.05) is 18.5 Å². The van der Waals surface area contributed by atoms with E-state index >= 15 is 0 Å². The van der Waals surface area contributed by atoms with E-state index in [-0.39, 0.29) is 5.54 Å². The Hall–Kier alpha value is -1.30. The summed E-state index contributed by atoms with van der Waals surface area (Å²) in [4.78, 5) is 5.28. The summed E-state index contributed by atoms with van der Waals surface area (Å²) in [6.45, 7) is 7.49. The minimum atomic E-state index is -4.23. The number of anilines is 1. The van der Waals surface area contributed by atoms with Crippen LogP contribution in [0, 0.1) is 6.92 Å². The second-order valence-corrected chi connectivity index (χ2v) is 6.05. The molecule has 1 aromatic heterocycles. The van der Waals surface area contributed by atoms with Gasteiger partial charge in [0.15, 0.2) is 0 Å². The number of aromatic nitrogens is 1. The summed E-state index contributed by atoms with van der Waals surface area (Å²) in [6, 6.07) is 3.57. The van der Waals surface area contributed by atoms with Crippen LogP contribution in [0.15, 0.2) is 12.1 Å². The minimum Gasteiger partial charge on any atom is -0.351 e. The quantitative estimate of drug-likeness (QED) is 0.922. The van der Waals surface area contributed by atoms with Crippen LogP contribution in [0.2, 0.25) is 0 Å². The normalized spacial score (nSPS) is 12.6. The maximum atomic E-state index is 12.4. The highest BCUT2D eigenvalue weighted by atomic mass is 19.4. The molecule has 0 aromatic carbocycles. The van der Waals surface area contributed by atoms with Gasteiger partial charge in [-0.25, -0.2) is 4.98 Å². The van der Waals surface area contributed by atoms with E-state index in [1.54, 1.807) is 13.0 Å². The van der Waals surface area contributed by atoms with Crippen LogP contribution in [0.1, 0.15) is 32.0 Å². The SMILES string of the molecule is Cc1cc(CNC(C)(C)C)cc(N(C)CC(F)(F)F)n1. The summed E-state index contributed by atoms with van der Waals surface area (Å²) in [6.07, 6.45) is -4.23. The topological polar surface area (TPSA) is 28.2 Å². The molecular formula is C14H22F3N3. The van der Waals surface area contributed by atoms with E-state index in [1.807, 2.05) is 26.8 Å². The first kappa shape index (κ1) is 16.8. The first-order chi connectivity index (χ1) is 8.96. The lowest BCUT2D eigenvalue weighted by Gasteiger charge is -2.23. The summed E-state index contributed by atoms with van der Waals surface area (Å²) in [5.41, 5.74) is 1.59. The number of hydrogen-bond acceptors (Lipinski definition) is 3. The molecule has 0 saturated carbocycles. The molecule has 114 valence electrons. The van der Waals surface area contributed by atoms with Crippen molar-refractivity contribution in [3.8, 4) is 0 Å². The number of nitrogens with one attached hydrogen (secondary N) is 1. The molecule has 0 spiro atoms. The number of aryl methyl sites for hydroxylation is 1. The summed E-state index contributed by atoms with van der Waals surface area (Å²) in [7, 11) is 1.40. The van der Waals surface area contributed by atoms with Crippen LogP contribution >= 0.6 is 0 Å². The summed E-state index contributed by atoms with van der Waals surface area (Å²) in [5.74, 6) is 0.341. The molecule has 1 aromatic rings. The number of nitrogens with zero attached hydrogens (tertiary/aromatic N) is 2. The van der Waals surface area contributed by atoms with Crippen LogP contribution in [0.25, 0.3) is 0 Å². The lowest BCUT2D eigenvalue weighted by molar-refractivity contribution is -0.119. The van der Waals surface area contributed by atoms with Gasteiger partial charge in [-0.3, -0.25) is 0 Å². The molecule has 0 amide bonds. The molecule has 0 bridgehead atoms. The first-order valence-corrected chi connectivity index (χ1v) is 6.47. The smallest absolute Gasteiger partial charge is 0.351 e. The van der Waals surface area contributed by atoms with Crippen molar-refractivity contribution in [2.45, 2.75) is 46.0 Å². The molecule has 0 aliphatic carbocycles. The number of halogens is 3. The van der Waals surface area contributed by atoms with Gasteiger partial charge in [-0.1, -0.05) is 0 Å². The van der Waals surface area contributed by atoms with Gasteiger partial charge in [0.25, 0.3) is 0 Å². The number of alkyl halides is 3. The second-order valence-electron chi connectivity index (χ2n) is 6.05. The summed E-state index contributed by atoms with van der Waals surface area (Å²) < 4.78 is 37.2. The average Bonchev–Trinajstić information content (AvgIpc) is 2.22. The fourth-order valence-electron chi connectivity index (χ4n) is 1.74.